The lowest BCUT2D eigenvalue weighted by Gasteiger charge is -2.37. The molecule has 7 heteroatoms. The number of aromatic nitrogens is 4. The third-order valence-corrected chi connectivity index (χ3v) is 6.33. The minimum absolute atomic E-state index is 0.0123. The van der Waals surface area contributed by atoms with Crippen molar-refractivity contribution in [3.05, 3.63) is 45.7 Å². The van der Waals surface area contributed by atoms with Gasteiger partial charge in [-0.15, -0.1) is 5.10 Å². The number of allylic oxidation sites excluding steroid dienone is 1. The molecule has 1 heterocycles. The zero-order valence-electron chi connectivity index (χ0n) is 17.3. The van der Waals surface area contributed by atoms with Crippen LogP contribution in [0.1, 0.15) is 63.9 Å². The van der Waals surface area contributed by atoms with Crippen LogP contribution in [0.2, 0.25) is 10.0 Å². The summed E-state index contributed by atoms with van der Waals surface area (Å²) in [6, 6.07) is 5.53. The van der Waals surface area contributed by atoms with Gasteiger partial charge in [0.05, 0.1) is 11.6 Å². The number of hydrogen-bond acceptors (Lipinski definition) is 4. The van der Waals surface area contributed by atoms with Gasteiger partial charge in [0.25, 0.3) is 0 Å². The Labute approximate surface area is 177 Å². The van der Waals surface area contributed by atoms with Crippen molar-refractivity contribution in [3.63, 3.8) is 0 Å². The number of rotatable bonds is 5. The van der Waals surface area contributed by atoms with Gasteiger partial charge in [0.1, 0.15) is 0 Å². The fourth-order valence-corrected chi connectivity index (χ4v) is 4.56. The molecule has 5 nitrogen and oxygen atoms in total. The topological polar surface area (TPSA) is 46.8 Å². The summed E-state index contributed by atoms with van der Waals surface area (Å²) in [6.45, 7) is 6.61. The van der Waals surface area contributed by atoms with Crippen LogP contribution < -0.4 is 0 Å². The van der Waals surface area contributed by atoms with Crippen LogP contribution in [-0.2, 0) is 5.54 Å². The monoisotopic (exact) mass is 421 g/mol. The molecule has 152 valence electrons. The second-order valence-corrected chi connectivity index (χ2v) is 9.76. The molecule has 1 saturated carbocycles. The standard InChI is InChI=1S/C21H29Cl2N5/c1-20(2,3)18(11-9-15-8-10-16(22)14-17(15)23)28-19(24-25-26-28)21(27(4)5)12-6-7-13-21/h8-11,14,18H,6-7,12-13H2,1-5H3/b11-9+/t18-/m0/s1. The van der Waals surface area contributed by atoms with E-state index in [1.54, 1.807) is 6.07 Å². The van der Waals surface area contributed by atoms with Crippen LogP contribution in [0.3, 0.4) is 0 Å². The summed E-state index contributed by atoms with van der Waals surface area (Å²) >= 11 is 12.4. The third-order valence-electron chi connectivity index (χ3n) is 5.77. The first-order chi connectivity index (χ1) is 13.1. The molecule has 1 atom stereocenters. The molecule has 2 aromatic rings. The number of tetrazole rings is 1. The van der Waals surface area contributed by atoms with Gasteiger partial charge in [0.2, 0.25) is 0 Å². The van der Waals surface area contributed by atoms with E-state index in [2.05, 4.69) is 61.4 Å². The maximum absolute atomic E-state index is 6.36. The van der Waals surface area contributed by atoms with Crippen molar-refractivity contribution in [2.75, 3.05) is 14.1 Å². The van der Waals surface area contributed by atoms with Crippen LogP contribution in [0.4, 0.5) is 0 Å². The van der Waals surface area contributed by atoms with Crippen LogP contribution in [0.25, 0.3) is 6.08 Å². The fraction of sp³-hybridized carbons (Fsp3) is 0.571. The molecule has 28 heavy (non-hydrogen) atoms. The second-order valence-electron chi connectivity index (χ2n) is 8.92. The van der Waals surface area contributed by atoms with Crippen molar-refractivity contribution < 1.29 is 0 Å². The van der Waals surface area contributed by atoms with Crippen molar-refractivity contribution in [3.8, 4) is 0 Å². The summed E-state index contributed by atoms with van der Waals surface area (Å²) in [4.78, 5) is 2.28. The van der Waals surface area contributed by atoms with Gasteiger partial charge >= 0.3 is 0 Å². The Bertz CT molecular complexity index is 845. The number of nitrogens with zero attached hydrogens (tertiary/aromatic N) is 5. The van der Waals surface area contributed by atoms with E-state index in [1.807, 2.05) is 22.9 Å². The van der Waals surface area contributed by atoms with Gasteiger partial charge < -0.3 is 0 Å². The average Bonchev–Trinajstić information content (AvgIpc) is 3.25. The molecular weight excluding hydrogens is 393 g/mol. The van der Waals surface area contributed by atoms with Gasteiger partial charge in [-0.3, -0.25) is 4.90 Å². The molecule has 0 N–H and O–H groups in total. The molecular formula is C21H29Cl2N5. The van der Waals surface area contributed by atoms with Crippen molar-refractivity contribution in [2.45, 2.75) is 58.0 Å². The molecule has 0 bridgehead atoms. The molecule has 0 amide bonds. The van der Waals surface area contributed by atoms with Crippen molar-refractivity contribution in [2.24, 2.45) is 5.41 Å². The van der Waals surface area contributed by atoms with Gasteiger partial charge in [-0.05, 0) is 60.5 Å². The molecule has 1 aliphatic carbocycles. The van der Waals surface area contributed by atoms with Crippen LogP contribution in [-0.4, -0.2) is 39.2 Å². The second kappa shape index (κ2) is 8.13. The minimum Gasteiger partial charge on any atom is -0.297 e. The van der Waals surface area contributed by atoms with Crippen LogP contribution in [0, 0.1) is 5.41 Å². The quantitative estimate of drug-likeness (QED) is 0.628. The largest absolute Gasteiger partial charge is 0.297 e. The lowest BCUT2D eigenvalue weighted by atomic mass is 9.85. The van der Waals surface area contributed by atoms with E-state index in [-0.39, 0.29) is 17.0 Å². The first-order valence-electron chi connectivity index (χ1n) is 9.74. The average molecular weight is 422 g/mol. The Balaban J connectivity index is 2.03. The van der Waals surface area contributed by atoms with E-state index in [9.17, 15) is 0 Å². The zero-order chi connectivity index (χ0) is 20.5. The highest BCUT2D eigenvalue weighted by Crippen LogP contribution is 2.43. The van der Waals surface area contributed by atoms with Crippen molar-refractivity contribution in [1.82, 2.24) is 25.1 Å². The van der Waals surface area contributed by atoms with Crippen LogP contribution in [0.5, 0.6) is 0 Å². The predicted molar refractivity (Wildman–Crippen MR) is 116 cm³/mol. The van der Waals surface area contributed by atoms with E-state index >= 15 is 0 Å². The summed E-state index contributed by atoms with van der Waals surface area (Å²) in [5.74, 6) is 0.946. The van der Waals surface area contributed by atoms with Crippen LogP contribution >= 0.6 is 23.2 Å². The van der Waals surface area contributed by atoms with Gasteiger partial charge in [-0.2, -0.15) is 0 Å². The first-order valence-corrected chi connectivity index (χ1v) is 10.5. The zero-order valence-corrected chi connectivity index (χ0v) is 18.8. The molecule has 1 fully saturated rings. The summed E-state index contributed by atoms with van der Waals surface area (Å²) in [5.41, 5.74) is 0.739. The maximum atomic E-state index is 6.36. The molecule has 1 aromatic heterocycles. The summed E-state index contributed by atoms with van der Waals surface area (Å²) in [6.07, 6.45) is 8.72. The fourth-order valence-electron chi connectivity index (χ4n) is 4.09. The predicted octanol–water partition coefficient (Wildman–Crippen LogP) is 5.61. The Morgan fingerprint density at radius 3 is 2.43 bits per heavy atom. The third kappa shape index (κ3) is 4.12. The Morgan fingerprint density at radius 1 is 1.18 bits per heavy atom. The molecule has 0 saturated heterocycles. The molecule has 0 aliphatic heterocycles. The highest BCUT2D eigenvalue weighted by atomic mass is 35.5. The van der Waals surface area contributed by atoms with E-state index in [1.165, 1.54) is 12.8 Å². The van der Waals surface area contributed by atoms with Gasteiger partial charge in [-0.1, -0.05) is 75.0 Å². The lowest BCUT2D eigenvalue weighted by Crippen LogP contribution is -2.42. The summed E-state index contributed by atoms with van der Waals surface area (Å²) < 4.78 is 2.01. The van der Waals surface area contributed by atoms with Gasteiger partial charge in [-0.25, -0.2) is 4.68 Å². The van der Waals surface area contributed by atoms with Crippen molar-refractivity contribution >= 4 is 29.3 Å². The Kier molecular flexibility index (Phi) is 6.18. The Hall–Kier alpha value is -1.43. The van der Waals surface area contributed by atoms with Crippen LogP contribution in [0.15, 0.2) is 24.3 Å². The van der Waals surface area contributed by atoms with E-state index in [4.69, 9.17) is 23.2 Å². The summed E-state index contributed by atoms with van der Waals surface area (Å²) in [7, 11) is 4.25. The van der Waals surface area contributed by atoms with Crippen molar-refractivity contribution in [1.29, 1.82) is 0 Å². The van der Waals surface area contributed by atoms with Gasteiger partial charge in [0.15, 0.2) is 5.82 Å². The normalized spacial score (nSPS) is 18.3. The molecule has 0 radical (unpaired) electrons. The lowest BCUT2D eigenvalue weighted by molar-refractivity contribution is 0.130. The maximum Gasteiger partial charge on any atom is 0.172 e. The SMILES string of the molecule is CN(C)C1(c2nnnn2[C@@H](/C=C/c2ccc(Cl)cc2Cl)C(C)(C)C)CCCC1. The smallest absolute Gasteiger partial charge is 0.172 e. The number of halogens is 2. The first kappa shape index (κ1) is 21.3. The van der Waals surface area contributed by atoms with E-state index in [0.29, 0.717) is 10.0 Å². The Morgan fingerprint density at radius 2 is 1.86 bits per heavy atom. The highest BCUT2D eigenvalue weighted by molar-refractivity contribution is 6.35. The summed E-state index contributed by atoms with van der Waals surface area (Å²) in [5, 5.41) is 14.3. The number of hydrogen-bond donors (Lipinski definition) is 0. The minimum atomic E-state index is -0.112. The van der Waals surface area contributed by atoms with E-state index < -0.39 is 0 Å². The molecule has 0 spiro atoms. The number of benzene rings is 1. The molecule has 1 aromatic carbocycles. The van der Waals surface area contributed by atoms with Gasteiger partial charge in [0, 0.05) is 10.0 Å². The highest BCUT2D eigenvalue weighted by Gasteiger charge is 2.44. The molecule has 1 aliphatic rings. The molecule has 0 unspecified atom stereocenters. The van der Waals surface area contributed by atoms with E-state index in [0.717, 1.165) is 24.2 Å². The molecule has 3 rings (SSSR count).